The summed E-state index contributed by atoms with van der Waals surface area (Å²) >= 11 is 0. The fourth-order valence-electron chi connectivity index (χ4n) is 5.78. The summed E-state index contributed by atoms with van der Waals surface area (Å²) in [7, 11) is -3.45. The Kier molecular flexibility index (Phi) is 7.30. The molecule has 1 saturated carbocycles. The average molecular weight is 499 g/mol. The zero-order chi connectivity index (χ0) is 24.4. The van der Waals surface area contributed by atoms with Crippen LogP contribution in [0.4, 0.5) is 5.82 Å². The molecule has 0 unspecified atom stereocenters. The second-order valence-corrected chi connectivity index (χ2v) is 12.7. The lowest BCUT2D eigenvalue weighted by Crippen LogP contribution is -2.45. The molecule has 3 heterocycles. The van der Waals surface area contributed by atoms with Gasteiger partial charge in [-0.15, -0.1) is 0 Å². The predicted octanol–water partition coefficient (Wildman–Crippen LogP) is 4.32. The molecule has 1 aromatic carbocycles. The largest absolute Gasteiger partial charge is 0.357 e. The fourth-order valence-corrected chi connectivity index (χ4v) is 7.33. The van der Waals surface area contributed by atoms with Crippen molar-refractivity contribution in [1.29, 1.82) is 0 Å². The van der Waals surface area contributed by atoms with Gasteiger partial charge in [-0.1, -0.05) is 13.3 Å². The minimum absolute atomic E-state index is 0.0774. The molecule has 1 aliphatic carbocycles. The molecule has 0 bridgehead atoms. The maximum absolute atomic E-state index is 13.0. The van der Waals surface area contributed by atoms with Crippen LogP contribution in [0.25, 0.3) is 10.9 Å². The number of aromatic nitrogens is 1. The van der Waals surface area contributed by atoms with Gasteiger partial charge >= 0.3 is 0 Å². The lowest BCUT2D eigenvalue weighted by Gasteiger charge is -2.34. The van der Waals surface area contributed by atoms with Gasteiger partial charge in [-0.05, 0) is 87.6 Å². The van der Waals surface area contributed by atoms with E-state index in [1.54, 1.807) is 16.4 Å². The van der Waals surface area contributed by atoms with Crippen LogP contribution in [0, 0.1) is 11.8 Å². The molecular weight excluding hydrogens is 460 g/mol. The first-order valence-corrected chi connectivity index (χ1v) is 14.8. The van der Waals surface area contributed by atoms with E-state index in [9.17, 15) is 13.2 Å². The molecule has 1 aromatic heterocycles. The van der Waals surface area contributed by atoms with Crippen LogP contribution in [0.15, 0.2) is 35.2 Å². The van der Waals surface area contributed by atoms with Crippen molar-refractivity contribution in [3.05, 3.63) is 30.3 Å². The first-order chi connectivity index (χ1) is 16.9. The van der Waals surface area contributed by atoms with Gasteiger partial charge in [0.15, 0.2) is 0 Å². The van der Waals surface area contributed by atoms with Crippen molar-refractivity contribution in [2.24, 2.45) is 11.8 Å². The number of anilines is 1. The highest BCUT2D eigenvalue weighted by Crippen LogP contribution is 2.28. The van der Waals surface area contributed by atoms with E-state index < -0.39 is 10.0 Å². The van der Waals surface area contributed by atoms with E-state index >= 15 is 0 Å². The Morgan fingerprint density at radius 3 is 2.34 bits per heavy atom. The molecule has 2 aliphatic heterocycles. The van der Waals surface area contributed by atoms with E-state index in [2.05, 4.69) is 17.1 Å². The number of nitrogens with zero attached hydrogens (tertiary/aromatic N) is 3. The van der Waals surface area contributed by atoms with Crippen LogP contribution in [0.3, 0.4) is 0 Å². The van der Waals surface area contributed by atoms with Gasteiger partial charge in [0, 0.05) is 43.5 Å². The molecule has 0 atom stereocenters. The van der Waals surface area contributed by atoms with Crippen LogP contribution >= 0.6 is 0 Å². The summed E-state index contributed by atoms with van der Waals surface area (Å²) in [6.45, 7) is 5.11. The van der Waals surface area contributed by atoms with Gasteiger partial charge in [0.25, 0.3) is 0 Å². The Bertz CT molecular complexity index is 1150. The maximum atomic E-state index is 13.0. The molecule has 7 nitrogen and oxygen atoms in total. The fraction of sp³-hybridized carbons (Fsp3) is 0.630. The average Bonchev–Trinajstić information content (AvgIpc) is 2.90. The first-order valence-electron chi connectivity index (χ1n) is 13.4. The third kappa shape index (κ3) is 5.48. The van der Waals surface area contributed by atoms with Gasteiger partial charge in [-0.2, -0.15) is 4.31 Å². The van der Waals surface area contributed by atoms with Gasteiger partial charge in [-0.25, -0.2) is 13.4 Å². The standard InChI is InChI=1S/C27H38N4O3S/c1-20-5-8-23(9-6-20)28-27(32)21-13-17-30(18-14-21)26-12-7-22-19-24(10-11-25(22)29-26)35(33,34)31-15-3-2-4-16-31/h7,10-12,19-21,23H,2-6,8-9,13-18H2,1H3,(H,28,32). The summed E-state index contributed by atoms with van der Waals surface area (Å²) in [5, 5.41) is 4.14. The van der Waals surface area contributed by atoms with Crippen molar-refractivity contribution in [2.45, 2.75) is 75.6 Å². The number of carbonyl (C=O) groups excluding carboxylic acids is 1. The number of hydrogen-bond acceptors (Lipinski definition) is 5. The number of fused-ring (bicyclic) bond motifs is 1. The highest BCUT2D eigenvalue weighted by atomic mass is 32.2. The topological polar surface area (TPSA) is 82.6 Å². The number of rotatable bonds is 5. The number of nitrogens with one attached hydrogen (secondary N) is 1. The minimum atomic E-state index is -3.45. The van der Waals surface area contributed by atoms with Crippen molar-refractivity contribution >= 4 is 32.7 Å². The lowest BCUT2D eigenvalue weighted by molar-refractivity contribution is -0.126. The van der Waals surface area contributed by atoms with Crippen LogP contribution in [0.5, 0.6) is 0 Å². The Hall–Kier alpha value is -2.19. The molecule has 1 amide bonds. The molecule has 0 spiro atoms. The van der Waals surface area contributed by atoms with Crippen molar-refractivity contribution in [2.75, 3.05) is 31.1 Å². The SMILES string of the molecule is CC1CCC(NC(=O)C2CCN(c3ccc4cc(S(=O)(=O)N5CCCCC5)ccc4n3)CC2)CC1. The number of pyridine rings is 1. The predicted molar refractivity (Wildman–Crippen MR) is 139 cm³/mol. The molecule has 1 N–H and O–H groups in total. The smallest absolute Gasteiger partial charge is 0.243 e. The molecule has 2 aromatic rings. The second-order valence-electron chi connectivity index (χ2n) is 10.7. The van der Waals surface area contributed by atoms with Crippen LogP contribution in [-0.4, -0.2) is 55.8 Å². The quantitative estimate of drug-likeness (QED) is 0.664. The number of piperidine rings is 2. The Morgan fingerprint density at radius 1 is 0.914 bits per heavy atom. The second kappa shape index (κ2) is 10.4. The number of benzene rings is 1. The summed E-state index contributed by atoms with van der Waals surface area (Å²) in [4.78, 5) is 20.2. The molecule has 8 heteroatoms. The van der Waals surface area contributed by atoms with Crippen molar-refractivity contribution in [1.82, 2.24) is 14.6 Å². The number of hydrogen-bond donors (Lipinski definition) is 1. The number of sulfonamides is 1. The Balaban J connectivity index is 1.21. The van der Waals surface area contributed by atoms with E-state index in [0.29, 0.717) is 24.0 Å². The van der Waals surface area contributed by atoms with E-state index in [1.807, 2.05) is 18.2 Å². The molecule has 2 saturated heterocycles. The highest BCUT2D eigenvalue weighted by Gasteiger charge is 2.29. The third-order valence-corrected chi connectivity index (χ3v) is 10.0. The molecule has 3 fully saturated rings. The minimum Gasteiger partial charge on any atom is -0.357 e. The summed E-state index contributed by atoms with van der Waals surface area (Å²) in [6.07, 6.45) is 9.25. The van der Waals surface area contributed by atoms with Crippen molar-refractivity contribution in [3.63, 3.8) is 0 Å². The van der Waals surface area contributed by atoms with Crippen LogP contribution < -0.4 is 10.2 Å². The number of amides is 1. The van der Waals surface area contributed by atoms with Crippen molar-refractivity contribution < 1.29 is 13.2 Å². The summed E-state index contributed by atoms with van der Waals surface area (Å²) in [6, 6.07) is 9.55. The van der Waals surface area contributed by atoms with Crippen LogP contribution in [0.1, 0.15) is 64.7 Å². The van der Waals surface area contributed by atoms with Crippen LogP contribution in [-0.2, 0) is 14.8 Å². The van der Waals surface area contributed by atoms with E-state index in [0.717, 1.165) is 80.7 Å². The number of carbonyl (C=O) groups is 1. The normalized spacial score (nSPS) is 25.0. The summed E-state index contributed by atoms with van der Waals surface area (Å²) in [5.74, 6) is 1.97. The zero-order valence-corrected chi connectivity index (χ0v) is 21.6. The van der Waals surface area contributed by atoms with Gasteiger partial charge in [0.1, 0.15) is 5.82 Å². The summed E-state index contributed by atoms with van der Waals surface area (Å²) < 4.78 is 27.7. The molecule has 0 radical (unpaired) electrons. The van der Waals surface area contributed by atoms with Gasteiger partial charge in [0.05, 0.1) is 10.4 Å². The van der Waals surface area contributed by atoms with Crippen molar-refractivity contribution in [3.8, 4) is 0 Å². The zero-order valence-electron chi connectivity index (χ0n) is 20.8. The van der Waals surface area contributed by atoms with E-state index in [-0.39, 0.29) is 11.8 Å². The third-order valence-electron chi connectivity index (χ3n) is 8.15. The lowest BCUT2D eigenvalue weighted by atomic mass is 9.86. The molecule has 5 rings (SSSR count). The Labute approximate surface area is 209 Å². The first kappa shape index (κ1) is 24.5. The molecule has 3 aliphatic rings. The highest BCUT2D eigenvalue weighted by molar-refractivity contribution is 7.89. The maximum Gasteiger partial charge on any atom is 0.243 e. The van der Waals surface area contributed by atoms with E-state index in [4.69, 9.17) is 4.98 Å². The van der Waals surface area contributed by atoms with Gasteiger partial charge < -0.3 is 10.2 Å². The summed E-state index contributed by atoms with van der Waals surface area (Å²) in [5.41, 5.74) is 0.798. The molecular formula is C27H38N4O3S. The van der Waals surface area contributed by atoms with E-state index in [1.165, 1.54) is 12.8 Å². The van der Waals surface area contributed by atoms with Gasteiger partial charge in [-0.3, -0.25) is 4.79 Å². The van der Waals surface area contributed by atoms with Gasteiger partial charge in [0.2, 0.25) is 15.9 Å². The Morgan fingerprint density at radius 2 is 1.63 bits per heavy atom. The monoisotopic (exact) mass is 498 g/mol. The van der Waals surface area contributed by atoms with Crippen LogP contribution in [0.2, 0.25) is 0 Å². The molecule has 190 valence electrons. The molecule has 35 heavy (non-hydrogen) atoms.